The average molecular weight is 379 g/mol. The number of benzene rings is 1. The van der Waals surface area contributed by atoms with Crippen molar-refractivity contribution in [3.8, 4) is 0 Å². The monoisotopic (exact) mass is 378 g/mol. The van der Waals surface area contributed by atoms with Gasteiger partial charge in [-0.1, -0.05) is 0 Å². The molecule has 3 amide bonds. The molecule has 140 valence electrons. The van der Waals surface area contributed by atoms with E-state index in [0.717, 1.165) is 37.2 Å². The number of rotatable bonds is 2. The third-order valence-corrected chi connectivity index (χ3v) is 5.41. The third-order valence-electron chi connectivity index (χ3n) is 5.41. The van der Waals surface area contributed by atoms with E-state index >= 15 is 0 Å². The summed E-state index contributed by atoms with van der Waals surface area (Å²) < 4.78 is 0. The van der Waals surface area contributed by atoms with Crippen LogP contribution in [0, 0.1) is 0 Å². The lowest BCUT2D eigenvalue weighted by Gasteiger charge is -2.32. The molecule has 0 saturated carbocycles. The Morgan fingerprint density at radius 2 is 1.81 bits per heavy atom. The van der Waals surface area contributed by atoms with Crippen LogP contribution in [-0.4, -0.2) is 47.8 Å². The molecule has 2 saturated heterocycles. The van der Waals surface area contributed by atoms with Gasteiger partial charge in [-0.3, -0.25) is 19.7 Å². The number of nitrogens with two attached hydrogens (primary N) is 1. The fraction of sp³-hybridized carbons (Fsp3) is 0.500. The van der Waals surface area contributed by atoms with Crippen LogP contribution in [0.4, 0.5) is 5.69 Å². The Morgan fingerprint density at radius 3 is 2.50 bits per heavy atom. The Hall–Kier alpha value is -2.12. The Kier molecular flexibility index (Phi) is 5.20. The number of anilines is 1. The van der Waals surface area contributed by atoms with E-state index < -0.39 is 6.04 Å². The lowest BCUT2D eigenvalue weighted by molar-refractivity contribution is -0.136. The van der Waals surface area contributed by atoms with Crippen LogP contribution >= 0.6 is 12.4 Å². The molecule has 0 radical (unpaired) electrons. The first kappa shape index (κ1) is 18.7. The maximum Gasteiger partial charge on any atom is 0.255 e. The van der Waals surface area contributed by atoms with Gasteiger partial charge in [-0.2, -0.15) is 0 Å². The van der Waals surface area contributed by atoms with Crippen LogP contribution in [0.25, 0.3) is 0 Å². The van der Waals surface area contributed by atoms with E-state index in [1.165, 1.54) is 0 Å². The van der Waals surface area contributed by atoms with Gasteiger partial charge >= 0.3 is 0 Å². The zero-order valence-electron chi connectivity index (χ0n) is 14.4. The van der Waals surface area contributed by atoms with E-state index in [4.69, 9.17) is 5.73 Å². The lowest BCUT2D eigenvalue weighted by Crippen LogP contribution is -2.52. The molecule has 0 aromatic heterocycles. The quantitative estimate of drug-likeness (QED) is 0.742. The van der Waals surface area contributed by atoms with E-state index in [2.05, 4.69) is 16.3 Å². The molecule has 3 N–H and O–H groups in total. The van der Waals surface area contributed by atoms with Crippen molar-refractivity contribution in [2.75, 3.05) is 18.0 Å². The Labute approximate surface area is 158 Å². The number of hydrogen-bond acceptors (Lipinski definition) is 5. The summed E-state index contributed by atoms with van der Waals surface area (Å²) in [6.45, 7) is 2.26. The van der Waals surface area contributed by atoms with Crippen LogP contribution in [-0.2, 0) is 16.1 Å². The zero-order valence-corrected chi connectivity index (χ0v) is 15.3. The standard InChI is InChI=1S/C18H22N4O3.ClH/c19-12-5-7-21(8-6-12)13-1-2-14-11(9-13)10-22(18(14)25)15-3-4-16(23)20-17(15)24;/h1-2,9,12,15H,3-8,10,19H2,(H,20,23,24);1H. The van der Waals surface area contributed by atoms with Gasteiger partial charge in [-0.15, -0.1) is 12.4 Å². The number of hydrogen-bond donors (Lipinski definition) is 2. The average Bonchev–Trinajstić information content (AvgIpc) is 2.92. The maximum absolute atomic E-state index is 12.7. The number of halogens is 1. The largest absolute Gasteiger partial charge is 0.371 e. The predicted octanol–water partition coefficient (Wildman–Crippen LogP) is 0.797. The van der Waals surface area contributed by atoms with Gasteiger partial charge in [-0.25, -0.2) is 0 Å². The number of amides is 3. The van der Waals surface area contributed by atoms with Gasteiger partial charge in [0.15, 0.2) is 0 Å². The summed E-state index contributed by atoms with van der Waals surface area (Å²) in [5.74, 6) is -0.768. The van der Waals surface area contributed by atoms with E-state index in [1.807, 2.05) is 12.1 Å². The summed E-state index contributed by atoms with van der Waals surface area (Å²) in [6.07, 6.45) is 2.61. The van der Waals surface area contributed by atoms with Gasteiger partial charge in [0.05, 0.1) is 0 Å². The number of nitrogens with zero attached hydrogens (tertiary/aromatic N) is 2. The summed E-state index contributed by atoms with van der Waals surface area (Å²) >= 11 is 0. The van der Waals surface area contributed by atoms with Crippen molar-refractivity contribution >= 4 is 35.8 Å². The normalized spacial score (nSPS) is 23.6. The van der Waals surface area contributed by atoms with Gasteiger partial charge in [0.25, 0.3) is 5.91 Å². The van der Waals surface area contributed by atoms with Gasteiger partial charge in [-0.05, 0) is 43.0 Å². The van der Waals surface area contributed by atoms with Crippen LogP contribution in [0.3, 0.4) is 0 Å². The first-order valence-corrected chi connectivity index (χ1v) is 8.81. The Morgan fingerprint density at radius 1 is 1.08 bits per heavy atom. The van der Waals surface area contributed by atoms with Crippen LogP contribution < -0.4 is 16.0 Å². The molecule has 8 heteroatoms. The van der Waals surface area contributed by atoms with E-state index in [1.54, 1.807) is 4.90 Å². The molecule has 2 fully saturated rings. The number of nitrogens with one attached hydrogen (secondary N) is 1. The van der Waals surface area contributed by atoms with Crippen molar-refractivity contribution in [2.45, 2.75) is 44.3 Å². The highest BCUT2D eigenvalue weighted by atomic mass is 35.5. The molecule has 0 aliphatic carbocycles. The fourth-order valence-corrected chi connectivity index (χ4v) is 3.92. The Bertz CT molecular complexity index is 746. The van der Waals surface area contributed by atoms with Crippen LogP contribution in [0.1, 0.15) is 41.6 Å². The highest BCUT2D eigenvalue weighted by molar-refractivity contribution is 6.05. The van der Waals surface area contributed by atoms with Crippen LogP contribution in [0.15, 0.2) is 18.2 Å². The van der Waals surface area contributed by atoms with Crippen molar-refractivity contribution in [2.24, 2.45) is 5.73 Å². The van der Waals surface area contributed by atoms with Crippen molar-refractivity contribution in [3.05, 3.63) is 29.3 Å². The second-order valence-electron chi connectivity index (χ2n) is 7.07. The van der Waals surface area contributed by atoms with Gasteiger partial charge < -0.3 is 15.5 Å². The molecule has 3 aliphatic rings. The smallest absolute Gasteiger partial charge is 0.255 e. The zero-order chi connectivity index (χ0) is 17.6. The third kappa shape index (κ3) is 3.29. The number of fused-ring (bicyclic) bond motifs is 1. The molecule has 7 nitrogen and oxygen atoms in total. The molecule has 26 heavy (non-hydrogen) atoms. The van der Waals surface area contributed by atoms with Crippen molar-refractivity contribution < 1.29 is 14.4 Å². The lowest BCUT2D eigenvalue weighted by atomic mass is 10.0. The minimum absolute atomic E-state index is 0. The Balaban J connectivity index is 0.00000196. The fourth-order valence-electron chi connectivity index (χ4n) is 3.92. The van der Waals surface area contributed by atoms with Crippen LogP contribution in [0.2, 0.25) is 0 Å². The van der Waals surface area contributed by atoms with E-state index in [9.17, 15) is 14.4 Å². The topological polar surface area (TPSA) is 95.7 Å². The van der Waals surface area contributed by atoms with E-state index in [0.29, 0.717) is 18.5 Å². The maximum atomic E-state index is 12.7. The molecule has 1 unspecified atom stereocenters. The van der Waals surface area contributed by atoms with Gasteiger partial charge in [0.1, 0.15) is 6.04 Å². The number of carbonyl (C=O) groups excluding carboxylic acids is 3. The molecular weight excluding hydrogens is 356 g/mol. The summed E-state index contributed by atoms with van der Waals surface area (Å²) in [6, 6.07) is 5.59. The SMILES string of the molecule is Cl.NC1CCN(c2ccc3c(c2)CN(C2CCC(=O)NC2=O)C3=O)CC1. The molecule has 3 aliphatic heterocycles. The van der Waals surface area contributed by atoms with Crippen molar-refractivity contribution in [1.29, 1.82) is 0 Å². The highest BCUT2D eigenvalue weighted by Crippen LogP contribution is 2.31. The summed E-state index contributed by atoms with van der Waals surface area (Å²) in [4.78, 5) is 40.0. The minimum Gasteiger partial charge on any atom is -0.371 e. The molecule has 1 aromatic carbocycles. The van der Waals surface area contributed by atoms with Gasteiger partial charge in [0, 0.05) is 43.3 Å². The second kappa shape index (κ2) is 7.25. The number of piperidine rings is 2. The molecule has 4 rings (SSSR count). The number of imide groups is 1. The van der Waals surface area contributed by atoms with Crippen LogP contribution in [0.5, 0.6) is 0 Å². The van der Waals surface area contributed by atoms with E-state index in [-0.39, 0.29) is 42.6 Å². The van der Waals surface area contributed by atoms with Crippen molar-refractivity contribution in [3.63, 3.8) is 0 Å². The second-order valence-corrected chi connectivity index (χ2v) is 7.07. The molecule has 0 spiro atoms. The molecular formula is C18H23ClN4O3. The highest BCUT2D eigenvalue weighted by Gasteiger charge is 2.39. The molecule has 0 bridgehead atoms. The summed E-state index contributed by atoms with van der Waals surface area (Å²) in [5, 5.41) is 2.33. The number of carbonyl (C=O) groups is 3. The molecule has 3 heterocycles. The van der Waals surface area contributed by atoms with Crippen molar-refractivity contribution in [1.82, 2.24) is 10.2 Å². The summed E-state index contributed by atoms with van der Waals surface area (Å²) in [7, 11) is 0. The summed E-state index contributed by atoms with van der Waals surface area (Å²) in [5.41, 5.74) is 8.67. The molecule has 1 aromatic rings. The minimum atomic E-state index is -0.561. The molecule has 1 atom stereocenters. The first-order chi connectivity index (χ1) is 12.0. The van der Waals surface area contributed by atoms with Gasteiger partial charge in [0.2, 0.25) is 11.8 Å². The predicted molar refractivity (Wildman–Crippen MR) is 99.2 cm³/mol. The first-order valence-electron chi connectivity index (χ1n) is 8.81.